The first-order valence-electron chi connectivity index (χ1n) is 9.71. The highest BCUT2D eigenvalue weighted by Gasteiger charge is 2.51. The normalized spacial score (nSPS) is 26.4. The summed E-state index contributed by atoms with van der Waals surface area (Å²) < 4.78 is 11.3. The SMILES string of the molecule is C=CCOc1c(C(C)C)ccc2c1C(=O)C[C@H]1C3=C(CC[C@]21C)C(=O)OC3. The Hall–Kier alpha value is -2.36. The van der Waals surface area contributed by atoms with E-state index in [4.69, 9.17) is 9.47 Å². The summed E-state index contributed by atoms with van der Waals surface area (Å²) in [6.07, 6.45) is 3.67. The van der Waals surface area contributed by atoms with Crippen LogP contribution in [0.5, 0.6) is 5.75 Å². The van der Waals surface area contributed by atoms with Gasteiger partial charge in [-0.1, -0.05) is 45.6 Å². The van der Waals surface area contributed by atoms with Gasteiger partial charge in [-0.3, -0.25) is 4.79 Å². The van der Waals surface area contributed by atoms with E-state index in [2.05, 4.69) is 39.5 Å². The number of benzene rings is 1. The summed E-state index contributed by atoms with van der Waals surface area (Å²) in [6, 6.07) is 4.21. The largest absolute Gasteiger partial charge is 0.488 e. The van der Waals surface area contributed by atoms with Crippen molar-refractivity contribution in [2.75, 3.05) is 13.2 Å². The van der Waals surface area contributed by atoms with Gasteiger partial charge < -0.3 is 9.47 Å². The van der Waals surface area contributed by atoms with Crippen LogP contribution in [0.25, 0.3) is 0 Å². The van der Waals surface area contributed by atoms with Crippen molar-refractivity contribution >= 4 is 11.8 Å². The lowest BCUT2D eigenvalue weighted by Gasteiger charge is -2.46. The van der Waals surface area contributed by atoms with Gasteiger partial charge in [0.2, 0.25) is 0 Å². The van der Waals surface area contributed by atoms with Crippen molar-refractivity contribution in [2.24, 2.45) is 5.92 Å². The molecule has 1 heterocycles. The zero-order chi connectivity index (χ0) is 19.3. The molecule has 4 nitrogen and oxygen atoms in total. The van der Waals surface area contributed by atoms with E-state index in [1.165, 1.54) is 0 Å². The highest BCUT2D eigenvalue weighted by atomic mass is 16.5. The van der Waals surface area contributed by atoms with E-state index < -0.39 is 0 Å². The molecule has 0 aromatic heterocycles. The van der Waals surface area contributed by atoms with E-state index in [1.54, 1.807) is 6.08 Å². The summed E-state index contributed by atoms with van der Waals surface area (Å²) in [5.74, 6) is 0.906. The minimum absolute atomic E-state index is 0.0323. The quantitative estimate of drug-likeness (QED) is 0.582. The number of hydrogen-bond donors (Lipinski definition) is 0. The van der Waals surface area contributed by atoms with E-state index in [0.29, 0.717) is 31.8 Å². The van der Waals surface area contributed by atoms with Crippen LogP contribution in [0.15, 0.2) is 35.9 Å². The fraction of sp³-hybridized carbons (Fsp3) is 0.478. The van der Waals surface area contributed by atoms with Gasteiger partial charge in [0, 0.05) is 23.3 Å². The van der Waals surface area contributed by atoms with Crippen molar-refractivity contribution in [1.82, 2.24) is 0 Å². The Labute approximate surface area is 160 Å². The lowest BCUT2D eigenvalue weighted by atomic mass is 9.56. The number of carbonyl (C=O) groups is 2. The van der Waals surface area contributed by atoms with Gasteiger partial charge in [0.1, 0.15) is 19.0 Å². The second kappa shape index (κ2) is 6.36. The van der Waals surface area contributed by atoms with Crippen molar-refractivity contribution in [1.29, 1.82) is 0 Å². The summed E-state index contributed by atoms with van der Waals surface area (Å²) in [7, 11) is 0. The van der Waals surface area contributed by atoms with Gasteiger partial charge in [0.05, 0.1) is 5.56 Å². The number of ketones is 1. The van der Waals surface area contributed by atoms with Crippen LogP contribution >= 0.6 is 0 Å². The second-order valence-corrected chi connectivity index (χ2v) is 8.34. The molecule has 4 rings (SSSR count). The van der Waals surface area contributed by atoms with Crippen molar-refractivity contribution in [3.05, 3.63) is 52.6 Å². The van der Waals surface area contributed by atoms with Gasteiger partial charge in [-0.15, -0.1) is 0 Å². The van der Waals surface area contributed by atoms with Crippen LogP contribution in [0, 0.1) is 5.92 Å². The Morgan fingerprint density at radius 1 is 1.37 bits per heavy atom. The van der Waals surface area contributed by atoms with Gasteiger partial charge in [-0.25, -0.2) is 4.79 Å². The first kappa shape index (κ1) is 18.0. The standard InChI is InChI=1S/C23H26O4/c1-5-10-26-21-14(13(2)3)6-7-17-20(21)19(24)11-18-16-12-27-22(25)15(16)8-9-23(17,18)4/h5-7,13,18H,1,8-12H2,2-4H3/t18-,23+/m0/s1. The van der Waals surface area contributed by atoms with Crippen LogP contribution in [-0.4, -0.2) is 25.0 Å². The molecule has 0 unspecified atom stereocenters. The number of hydrogen-bond acceptors (Lipinski definition) is 4. The Morgan fingerprint density at radius 2 is 2.15 bits per heavy atom. The molecule has 0 N–H and O–H groups in total. The molecule has 1 aliphatic heterocycles. The molecule has 0 amide bonds. The molecular weight excluding hydrogens is 340 g/mol. The molecule has 3 aliphatic rings. The molecular formula is C23H26O4. The molecule has 0 spiro atoms. The Morgan fingerprint density at radius 3 is 2.85 bits per heavy atom. The van der Waals surface area contributed by atoms with Crippen molar-refractivity contribution in [3.8, 4) is 5.75 Å². The van der Waals surface area contributed by atoms with Crippen LogP contribution < -0.4 is 4.74 Å². The lowest BCUT2D eigenvalue weighted by molar-refractivity contribution is -0.136. The Bertz CT molecular complexity index is 877. The molecule has 0 fully saturated rings. The van der Waals surface area contributed by atoms with Crippen molar-refractivity contribution in [3.63, 3.8) is 0 Å². The van der Waals surface area contributed by atoms with Gasteiger partial charge in [-0.05, 0) is 35.5 Å². The number of carbonyl (C=O) groups excluding carboxylic acids is 2. The maximum absolute atomic E-state index is 13.3. The number of esters is 1. The molecule has 1 aromatic carbocycles. The lowest BCUT2D eigenvalue weighted by Crippen LogP contribution is -2.43. The van der Waals surface area contributed by atoms with Crippen LogP contribution in [0.1, 0.15) is 67.4 Å². The van der Waals surface area contributed by atoms with Crippen LogP contribution in [0.4, 0.5) is 0 Å². The average molecular weight is 366 g/mol. The maximum atomic E-state index is 13.3. The molecule has 27 heavy (non-hydrogen) atoms. The molecule has 0 saturated carbocycles. The summed E-state index contributed by atoms with van der Waals surface area (Å²) in [5.41, 5.74) is 4.50. The van der Waals surface area contributed by atoms with E-state index in [1.807, 2.05) is 0 Å². The van der Waals surface area contributed by atoms with Crippen molar-refractivity contribution in [2.45, 2.75) is 51.4 Å². The van der Waals surface area contributed by atoms with Crippen LogP contribution in [0.2, 0.25) is 0 Å². The monoisotopic (exact) mass is 366 g/mol. The third-order valence-electron chi connectivity index (χ3n) is 6.52. The highest BCUT2D eigenvalue weighted by molar-refractivity contribution is 6.03. The predicted octanol–water partition coefficient (Wildman–Crippen LogP) is 4.48. The number of ether oxygens (including phenoxy) is 2. The maximum Gasteiger partial charge on any atom is 0.334 e. The molecule has 2 atom stereocenters. The number of cyclic esters (lactones) is 1. The minimum atomic E-state index is -0.199. The smallest absolute Gasteiger partial charge is 0.334 e. The fourth-order valence-electron chi connectivity index (χ4n) is 5.03. The molecule has 0 bridgehead atoms. The Balaban J connectivity index is 1.89. The third kappa shape index (κ3) is 2.57. The molecule has 0 radical (unpaired) electrons. The minimum Gasteiger partial charge on any atom is -0.488 e. The van der Waals surface area contributed by atoms with Crippen LogP contribution in [-0.2, 0) is 14.9 Å². The highest BCUT2D eigenvalue weighted by Crippen LogP contribution is 2.55. The third-order valence-corrected chi connectivity index (χ3v) is 6.52. The van der Waals surface area contributed by atoms with Gasteiger partial charge in [-0.2, -0.15) is 0 Å². The molecule has 2 aliphatic carbocycles. The summed E-state index contributed by atoms with van der Waals surface area (Å²) in [6.45, 7) is 10.9. The average Bonchev–Trinajstić information content (AvgIpc) is 3.01. The first-order chi connectivity index (χ1) is 12.9. The zero-order valence-corrected chi connectivity index (χ0v) is 16.3. The number of fused-ring (bicyclic) bond motifs is 4. The number of Topliss-reactive ketones (excluding diaryl/α,β-unsaturated/α-hetero) is 1. The van der Waals surface area contributed by atoms with E-state index in [-0.39, 0.29) is 29.0 Å². The zero-order valence-electron chi connectivity index (χ0n) is 16.3. The fourth-order valence-corrected chi connectivity index (χ4v) is 5.03. The van der Waals surface area contributed by atoms with Crippen molar-refractivity contribution < 1.29 is 19.1 Å². The van der Waals surface area contributed by atoms with Gasteiger partial charge in [0.25, 0.3) is 0 Å². The predicted molar refractivity (Wildman–Crippen MR) is 103 cm³/mol. The number of rotatable bonds is 4. The Kier molecular flexibility index (Phi) is 4.25. The van der Waals surface area contributed by atoms with E-state index in [0.717, 1.165) is 34.3 Å². The summed E-state index contributed by atoms with van der Waals surface area (Å²) in [5, 5.41) is 0. The van der Waals surface area contributed by atoms with Gasteiger partial charge in [0.15, 0.2) is 5.78 Å². The van der Waals surface area contributed by atoms with Gasteiger partial charge >= 0.3 is 5.97 Å². The van der Waals surface area contributed by atoms with E-state index in [9.17, 15) is 9.59 Å². The molecule has 1 aromatic rings. The van der Waals surface area contributed by atoms with E-state index >= 15 is 0 Å². The topological polar surface area (TPSA) is 52.6 Å². The molecule has 142 valence electrons. The van der Waals surface area contributed by atoms with Crippen LogP contribution in [0.3, 0.4) is 0 Å². The molecule has 0 saturated heterocycles. The molecule has 4 heteroatoms. The second-order valence-electron chi connectivity index (χ2n) is 8.34. The summed E-state index contributed by atoms with van der Waals surface area (Å²) in [4.78, 5) is 25.3. The summed E-state index contributed by atoms with van der Waals surface area (Å²) >= 11 is 0. The first-order valence-corrected chi connectivity index (χ1v) is 9.71.